The number of nitrogens with two attached hydrogens (primary N) is 1. The van der Waals surface area contributed by atoms with Gasteiger partial charge in [0.25, 0.3) is 5.78 Å². The Morgan fingerprint density at radius 2 is 2.11 bits per heavy atom. The van der Waals surface area contributed by atoms with Gasteiger partial charge in [-0.3, -0.25) is 10.5 Å². The van der Waals surface area contributed by atoms with Gasteiger partial charge in [-0.15, -0.1) is 0 Å². The molecule has 0 bridgehead atoms. The average Bonchev–Trinajstić information content (AvgIpc) is 1.84. The smallest absolute Gasteiger partial charge is 0.378 e. The maximum atomic E-state index is 10.2. The summed E-state index contributed by atoms with van der Waals surface area (Å²) >= 11 is 0. The van der Waals surface area contributed by atoms with Crippen molar-refractivity contribution in [2.24, 2.45) is 5.73 Å². The summed E-state index contributed by atoms with van der Waals surface area (Å²) in [5, 5.41) is 8.25. The molecule has 0 radical (unpaired) electrons. The summed E-state index contributed by atoms with van der Waals surface area (Å²) < 4.78 is 3.94. The van der Waals surface area contributed by atoms with Crippen LogP contribution in [0, 0.1) is 0 Å². The fourth-order valence-corrected chi connectivity index (χ4v) is 0.221. The van der Waals surface area contributed by atoms with E-state index in [2.05, 4.69) is 10.5 Å². The lowest BCUT2D eigenvalue weighted by Gasteiger charge is -1.98. The maximum Gasteiger partial charge on any atom is 0.378 e. The fourth-order valence-electron chi connectivity index (χ4n) is 0.221. The largest absolute Gasteiger partial charge is 0.463 e. The summed E-state index contributed by atoms with van der Waals surface area (Å²) in [5.74, 6) is -2.28. The number of aliphatic hydroxyl groups is 1. The van der Waals surface area contributed by atoms with Gasteiger partial charge in [0.15, 0.2) is 6.23 Å². The highest BCUT2D eigenvalue weighted by Crippen LogP contribution is 1.79. The number of hydrogen-bond acceptors (Lipinski definition) is 5. The number of Topliss-reactive ketones (excluding diaryl/α,β-unsaturated/α-hetero) is 1. The van der Waals surface area contributed by atoms with E-state index in [0.717, 1.165) is 7.11 Å². The third kappa shape index (κ3) is 2.20. The van der Waals surface area contributed by atoms with Crippen LogP contribution in [0.3, 0.4) is 0 Å². The Kier molecular flexibility index (Phi) is 2.83. The van der Waals surface area contributed by atoms with Crippen molar-refractivity contribution in [1.82, 2.24) is 0 Å². The molecule has 0 aliphatic rings. The molecular weight excluding hydrogens is 126 g/mol. The Morgan fingerprint density at radius 3 is 2.22 bits per heavy atom. The summed E-state index contributed by atoms with van der Waals surface area (Å²) in [6, 6.07) is 0. The number of carbonyl (C=O) groups excluding carboxylic acids is 2. The second-order valence-corrected chi connectivity index (χ2v) is 1.30. The molecule has 5 heteroatoms. The van der Waals surface area contributed by atoms with Gasteiger partial charge in [-0.05, 0) is 0 Å². The van der Waals surface area contributed by atoms with Crippen molar-refractivity contribution in [2.45, 2.75) is 6.23 Å². The van der Waals surface area contributed by atoms with Crippen LogP contribution in [0.1, 0.15) is 0 Å². The number of carbonyl (C=O) groups is 2. The van der Waals surface area contributed by atoms with Crippen LogP contribution in [0.25, 0.3) is 0 Å². The van der Waals surface area contributed by atoms with Gasteiger partial charge in [-0.2, -0.15) is 0 Å². The molecular formula is C4H7NO4. The number of aliphatic hydroxyl groups excluding tert-OH is 1. The minimum atomic E-state index is -1.77. The Balaban J connectivity index is 3.89. The predicted molar refractivity (Wildman–Crippen MR) is 27.2 cm³/mol. The van der Waals surface area contributed by atoms with Crippen LogP contribution in [0.2, 0.25) is 0 Å². The number of ether oxygens (including phenoxy) is 1. The van der Waals surface area contributed by atoms with Gasteiger partial charge in [0.1, 0.15) is 0 Å². The first-order chi connectivity index (χ1) is 4.09. The molecule has 0 aliphatic heterocycles. The molecule has 0 aromatic heterocycles. The first-order valence-corrected chi connectivity index (χ1v) is 2.15. The molecule has 5 nitrogen and oxygen atoms in total. The highest BCUT2D eigenvalue weighted by atomic mass is 16.5. The Morgan fingerprint density at radius 1 is 1.67 bits per heavy atom. The van der Waals surface area contributed by atoms with E-state index in [4.69, 9.17) is 5.11 Å². The lowest BCUT2D eigenvalue weighted by Crippen LogP contribution is -2.36. The summed E-state index contributed by atoms with van der Waals surface area (Å²) in [6.07, 6.45) is -1.77. The normalized spacial score (nSPS) is 12.3. The molecule has 0 aromatic carbocycles. The van der Waals surface area contributed by atoms with E-state index in [1.165, 1.54) is 0 Å². The summed E-state index contributed by atoms with van der Waals surface area (Å²) in [7, 11) is 1.03. The number of rotatable bonds is 2. The maximum absolute atomic E-state index is 10.2. The van der Waals surface area contributed by atoms with Crippen molar-refractivity contribution in [3.05, 3.63) is 0 Å². The molecule has 9 heavy (non-hydrogen) atoms. The van der Waals surface area contributed by atoms with Crippen molar-refractivity contribution >= 4 is 11.8 Å². The van der Waals surface area contributed by atoms with E-state index in [9.17, 15) is 9.59 Å². The molecule has 1 atom stereocenters. The molecule has 52 valence electrons. The van der Waals surface area contributed by atoms with Crippen LogP contribution in [0.5, 0.6) is 0 Å². The third-order valence-corrected chi connectivity index (χ3v) is 0.655. The van der Waals surface area contributed by atoms with E-state index >= 15 is 0 Å². The molecule has 0 rings (SSSR count). The molecule has 0 amide bonds. The van der Waals surface area contributed by atoms with Crippen molar-refractivity contribution in [3.8, 4) is 0 Å². The van der Waals surface area contributed by atoms with Crippen LogP contribution in [-0.2, 0) is 14.3 Å². The van der Waals surface area contributed by atoms with Gasteiger partial charge >= 0.3 is 5.97 Å². The first kappa shape index (κ1) is 8.06. The Labute approximate surface area is 51.4 Å². The minimum absolute atomic E-state index is 1.03. The molecule has 0 aromatic rings. The van der Waals surface area contributed by atoms with Gasteiger partial charge in [0, 0.05) is 0 Å². The van der Waals surface area contributed by atoms with E-state index in [0.29, 0.717) is 0 Å². The van der Waals surface area contributed by atoms with Crippen molar-refractivity contribution < 1.29 is 19.4 Å². The quantitative estimate of drug-likeness (QED) is 0.258. The molecule has 0 saturated carbocycles. The van der Waals surface area contributed by atoms with E-state index in [1.54, 1.807) is 0 Å². The molecule has 1 unspecified atom stereocenters. The van der Waals surface area contributed by atoms with Crippen molar-refractivity contribution in [3.63, 3.8) is 0 Å². The summed E-state index contributed by atoms with van der Waals surface area (Å²) in [5.41, 5.74) is 4.62. The SMILES string of the molecule is COC(=O)C(=O)C(N)O. The van der Waals surface area contributed by atoms with Gasteiger partial charge in [0.2, 0.25) is 0 Å². The topological polar surface area (TPSA) is 89.6 Å². The molecule has 3 N–H and O–H groups in total. The van der Waals surface area contributed by atoms with Crippen LogP contribution in [-0.4, -0.2) is 30.2 Å². The number of ketones is 1. The minimum Gasteiger partial charge on any atom is -0.463 e. The lowest BCUT2D eigenvalue weighted by molar-refractivity contribution is -0.155. The zero-order valence-corrected chi connectivity index (χ0v) is 4.83. The fraction of sp³-hybridized carbons (Fsp3) is 0.500. The molecule has 0 spiro atoms. The number of methoxy groups -OCH3 is 1. The lowest BCUT2D eigenvalue weighted by atomic mass is 10.4. The van der Waals surface area contributed by atoms with Gasteiger partial charge in [-0.1, -0.05) is 0 Å². The number of hydrogen-bond donors (Lipinski definition) is 2. The van der Waals surface area contributed by atoms with E-state index in [-0.39, 0.29) is 0 Å². The zero-order valence-electron chi connectivity index (χ0n) is 4.83. The van der Waals surface area contributed by atoms with E-state index < -0.39 is 18.0 Å². The van der Waals surface area contributed by atoms with Crippen LogP contribution in [0.15, 0.2) is 0 Å². The predicted octanol–water partition coefficient (Wildman–Crippen LogP) is -1.99. The standard InChI is InChI=1S/C4H7NO4/c1-9-4(8)2(6)3(5)7/h3,7H,5H2,1H3. The molecule has 0 aliphatic carbocycles. The second kappa shape index (κ2) is 3.16. The van der Waals surface area contributed by atoms with Crippen molar-refractivity contribution in [2.75, 3.05) is 7.11 Å². The van der Waals surface area contributed by atoms with Gasteiger partial charge in [0.05, 0.1) is 7.11 Å². The Hall–Kier alpha value is -0.940. The monoisotopic (exact) mass is 133 g/mol. The second-order valence-electron chi connectivity index (χ2n) is 1.30. The highest BCUT2D eigenvalue weighted by Gasteiger charge is 2.19. The first-order valence-electron chi connectivity index (χ1n) is 2.15. The van der Waals surface area contributed by atoms with Crippen molar-refractivity contribution in [1.29, 1.82) is 0 Å². The Bertz CT molecular complexity index is 131. The van der Waals surface area contributed by atoms with Crippen LogP contribution >= 0.6 is 0 Å². The summed E-state index contributed by atoms with van der Waals surface area (Å²) in [4.78, 5) is 20.4. The van der Waals surface area contributed by atoms with Crippen LogP contribution < -0.4 is 5.73 Å². The van der Waals surface area contributed by atoms with Gasteiger partial charge < -0.3 is 9.84 Å². The highest BCUT2D eigenvalue weighted by molar-refractivity contribution is 6.35. The van der Waals surface area contributed by atoms with Crippen LogP contribution in [0.4, 0.5) is 0 Å². The van der Waals surface area contributed by atoms with Gasteiger partial charge in [-0.25, -0.2) is 4.79 Å². The molecule has 0 fully saturated rings. The van der Waals surface area contributed by atoms with E-state index in [1.807, 2.05) is 0 Å². The molecule has 0 heterocycles. The molecule has 0 saturated heterocycles. The summed E-state index contributed by atoms with van der Waals surface area (Å²) in [6.45, 7) is 0. The zero-order chi connectivity index (χ0) is 7.44. The number of esters is 1. The third-order valence-electron chi connectivity index (χ3n) is 0.655. The average molecular weight is 133 g/mol.